The fourth-order valence-corrected chi connectivity index (χ4v) is 1.01. The summed E-state index contributed by atoms with van der Waals surface area (Å²) in [6, 6.07) is 0. The van der Waals surface area contributed by atoms with Gasteiger partial charge in [-0.25, -0.2) is 9.78 Å². The van der Waals surface area contributed by atoms with Gasteiger partial charge in [0, 0.05) is 25.3 Å². The van der Waals surface area contributed by atoms with Gasteiger partial charge >= 0.3 is 5.69 Å². The van der Waals surface area contributed by atoms with Gasteiger partial charge in [0.05, 0.1) is 6.61 Å². The van der Waals surface area contributed by atoms with Crippen LogP contribution in [0.5, 0.6) is 0 Å². The Morgan fingerprint density at radius 1 is 1.75 bits per heavy atom. The molecule has 66 valence electrons. The van der Waals surface area contributed by atoms with Crippen LogP contribution in [0.15, 0.2) is 11.0 Å². The third-order valence-electron chi connectivity index (χ3n) is 1.41. The molecule has 0 aromatic carbocycles. The van der Waals surface area contributed by atoms with Crippen LogP contribution in [-0.2, 0) is 11.2 Å². The molecule has 0 saturated carbocycles. The lowest BCUT2D eigenvalue weighted by Gasteiger charge is -2.00. The van der Waals surface area contributed by atoms with E-state index in [0.717, 1.165) is 5.56 Å². The van der Waals surface area contributed by atoms with Crippen LogP contribution in [0, 0.1) is 0 Å². The highest BCUT2D eigenvalue weighted by atomic mass is 35.5. The number of halogens is 1. The number of hydrogen-bond donors (Lipinski definition) is 1. The second-order valence-electron chi connectivity index (χ2n) is 2.27. The molecule has 1 aromatic heterocycles. The van der Waals surface area contributed by atoms with Gasteiger partial charge in [0.2, 0.25) is 0 Å². The van der Waals surface area contributed by atoms with Crippen LogP contribution in [0.3, 0.4) is 0 Å². The summed E-state index contributed by atoms with van der Waals surface area (Å²) in [6.45, 7) is 0.563. The monoisotopic (exact) mass is 188 g/mol. The molecule has 0 radical (unpaired) electrons. The smallest absolute Gasteiger partial charge is 0.346 e. The van der Waals surface area contributed by atoms with Crippen LogP contribution in [0.25, 0.3) is 0 Å². The van der Waals surface area contributed by atoms with Gasteiger partial charge in [-0.15, -0.1) is 0 Å². The molecule has 1 aromatic rings. The maximum absolute atomic E-state index is 10.6. The van der Waals surface area contributed by atoms with E-state index in [2.05, 4.69) is 9.97 Å². The Balaban J connectivity index is 2.79. The average Bonchev–Trinajstić information content (AvgIpc) is 2.03. The number of nitrogens with one attached hydrogen (secondary N) is 1. The molecule has 0 saturated heterocycles. The Labute approximate surface area is 74.5 Å². The molecule has 0 aliphatic rings. The molecule has 1 heterocycles. The van der Waals surface area contributed by atoms with Gasteiger partial charge in [0.15, 0.2) is 0 Å². The summed E-state index contributed by atoms with van der Waals surface area (Å²) in [4.78, 5) is 16.6. The number of nitrogens with zero attached hydrogens (tertiary/aromatic N) is 1. The molecular formula is C7H9ClN2O2. The fourth-order valence-electron chi connectivity index (χ4n) is 0.786. The average molecular weight is 189 g/mol. The molecule has 4 nitrogen and oxygen atoms in total. The molecule has 0 aliphatic heterocycles. The number of ether oxygens (including phenoxy) is 1. The first-order valence-corrected chi connectivity index (χ1v) is 3.84. The number of rotatable bonds is 3. The van der Waals surface area contributed by atoms with Crippen molar-refractivity contribution in [1.82, 2.24) is 9.97 Å². The van der Waals surface area contributed by atoms with E-state index in [1.807, 2.05) is 0 Å². The van der Waals surface area contributed by atoms with E-state index in [0.29, 0.717) is 18.2 Å². The van der Waals surface area contributed by atoms with Crippen molar-refractivity contribution in [3.05, 3.63) is 27.4 Å². The zero-order valence-corrected chi connectivity index (χ0v) is 7.39. The molecule has 1 N–H and O–H groups in total. The first kappa shape index (κ1) is 9.22. The molecule has 0 unspecified atom stereocenters. The van der Waals surface area contributed by atoms with Gasteiger partial charge in [-0.2, -0.15) is 0 Å². The summed E-state index contributed by atoms with van der Waals surface area (Å²) in [5, 5.41) is 0.340. The molecule has 1 rings (SSSR count). The largest absolute Gasteiger partial charge is 0.384 e. The van der Waals surface area contributed by atoms with Crippen molar-refractivity contribution in [2.75, 3.05) is 13.7 Å². The van der Waals surface area contributed by atoms with Gasteiger partial charge in [0.1, 0.15) is 5.15 Å². The lowest BCUT2D eigenvalue weighted by Crippen LogP contribution is -2.11. The number of methoxy groups -OCH3 is 1. The van der Waals surface area contributed by atoms with Gasteiger partial charge in [-0.05, 0) is 0 Å². The maximum atomic E-state index is 10.6. The molecular weight excluding hydrogens is 180 g/mol. The van der Waals surface area contributed by atoms with Crippen LogP contribution in [0.2, 0.25) is 5.15 Å². The maximum Gasteiger partial charge on any atom is 0.346 e. The standard InChI is InChI=1S/C7H9ClN2O2/c1-12-3-2-5-4-9-7(11)10-6(5)8/h4H,2-3H2,1H3,(H,9,10,11). The van der Waals surface area contributed by atoms with Gasteiger partial charge in [-0.3, -0.25) is 4.98 Å². The topological polar surface area (TPSA) is 55.0 Å². The minimum Gasteiger partial charge on any atom is -0.384 e. The summed E-state index contributed by atoms with van der Waals surface area (Å²) in [7, 11) is 1.60. The van der Waals surface area contributed by atoms with E-state index in [9.17, 15) is 4.79 Å². The van der Waals surface area contributed by atoms with E-state index < -0.39 is 5.69 Å². The lowest BCUT2D eigenvalue weighted by molar-refractivity contribution is 0.202. The van der Waals surface area contributed by atoms with E-state index in [4.69, 9.17) is 16.3 Å². The van der Waals surface area contributed by atoms with Crippen molar-refractivity contribution in [2.45, 2.75) is 6.42 Å². The van der Waals surface area contributed by atoms with E-state index in [1.165, 1.54) is 6.20 Å². The minimum absolute atomic E-state index is 0.340. The molecule has 12 heavy (non-hydrogen) atoms. The van der Waals surface area contributed by atoms with Crippen LogP contribution in [0.1, 0.15) is 5.56 Å². The summed E-state index contributed by atoms with van der Waals surface area (Å²) in [5.74, 6) is 0. The summed E-state index contributed by atoms with van der Waals surface area (Å²) in [5.41, 5.74) is 0.360. The molecule has 0 fully saturated rings. The summed E-state index contributed by atoms with van der Waals surface area (Å²) < 4.78 is 4.85. The zero-order chi connectivity index (χ0) is 8.97. The normalized spacial score (nSPS) is 10.2. The second-order valence-corrected chi connectivity index (χ2v) is 2.65. The third kappa shape index (κ3) is 2.32. The van der Waals surface area contributed by atoms with Gasteiger partial charge < -0.3 is 4.74 Å². The van der Waals surface area contributed by atoms with Crippen LogP contribution >= 0.6 is 11.6 Å². The number of H-pyrrole nitrogens is 1. The van der Waals surface area contributed by atoms with Crippen molar-refractivity contribution in [3.63, 3.8) is 0 Å². The Bertz CT molecular complexity index is 311. The van der Waals surface area contributed by atoms with Crippen LogP contribution in [0.4, 0.5) is 0 Å². The predicted octanol–water partition coefficient (Wildman–Crippen LogP) is 0.612. The number of hydrogen-bond acceptors (Lipinski definition) is 3. The van der Waals surface area contributed by atoms with E-state index in [1.54, 1.807) is 7.11 Å². The second kappa shape index (κ2) is 4.23. The van der Waals surface area contributed by atoms with Crippen LogP contribution < -0.4 is 5.69 Å². The molecule has 0 atom stereocenters. The molecule has 0 bridgehead atoms. The highest BCUT2D eigenvalue weighted by Gasteiger charge is 2.00. The Morgan fingerprint density at radius 2 is 2.50 bits per heavy atom. The molecule has 0 spiro atoms. The van der Waals surface area contributed by atoms with Crippen molar-refractivity contribution in [3.8, 4) is 0 Å². The number of aromatic nitrogens is 2. The first-order valence-electron chi connectivity index (χ1n) is 3.46. The van der Waals surface area contributed by atoms with Crippen molar-refractivity contribution in [1.29, 1.82) is 0 Å². The molecule has 0 aliphatic carbocycles. The third-order valence-corrected chi connectivity index (χ3v) is 1.75. The fraction of sp³-hybridized carbons (Fsp3) is 0.429. The Hall–Kier alpha value is -0.870. The number of aromatic amines is 1. The summed E-state index contributed by atoms with van der Waals surface area (Å²) in [6.07, 6.45) is 2.11. The molecule has 5 heteroatoms. The van der Waals surface area contributed by atoms with Crippen molar-refractivity contribution in [2.24, 2.45) is 0 Å². The van der Waals surface area contributed by atoms with Crippen LogP contribution in [-0.4, -0.2) is 23.7 Å². The highest BCUT2D eigenvalue weighted by molar-refractivity contribution is 6.30. The minimum atomic E-state index is -0.429. The molecule has 0 amide bonds. The Kier molecular flexibility index (Phi) is 3.25. The highest BCUT2D eigenvalue weighted by Crippen LogP contribution is 2.08. The van der Waals surface area contributed by atoms with E-state index in [-0.39, 0.29) is 0 Å². The first-order chi connectivity index (χ1) is 5.74. The SMILES string of the molecule is COCCc1cnc(=O)[nH]c1Cl. The van der Waals surface area contributed by atoms with E-state index >= 15 is 0 Å². The van der Waals surface area contributed by atoms with Crippen molar-refractivity contribution < 1.29 is 4.74 Å². The van der Waals surface area contributed by atoms with Gasteiger partial charge in [-0.1, -0.05) is 11.6 Å². The van der Waals surface area contributed by atoms with Crippen molar-refractivity contribution >= 4 is 11.6 Å². The Morgan fingerprint density at radius 3 is 3.08 bits per heavy atom. The lowest BCUT2D eigenvalue weighted by atomic mass is 10.2. The van der Waals surface area contributed by atoms with Gasteiger partial charge in [0.25, 0.3) is 0 Å². The summed E-state index contributed by atoms with van der Waals surface area (Å²) >= 11 is 5.71. The predicted molar refractivity (Wildman–Crippen MR) is 45.4 cm³/mol. The zero-order valence-electron chi connectivity index (χ0n) is 6.63. The quantitative estimate of drug-likeness (QED) is 0.708.